The molecule has 0 unspecified atom stereocenters. The van der Waals surface area contributed by atoms with E-state index in [2.05, 4.69) is 15.7 Å². The molecular formula is C27H34FN5O5S. The van der Waals surface area contributed by atoms with E-state index >= 15 is 0 Å². The highest BCUT2D eigenvalue weighted by atomic mass is 32.2. The molecular weight excluding hydrogens is 525 g/mol. The van der Waals surface area contributed by atoms with E-state index in [1.54, 1.807) is 28.9 Å². The van der Waals surface area contributed by atoms with Crippen molar-refractivity contribution >= 4 is 32.7 Å². The Hall–Kier alpha value is -3.35. The molecule has 10 nitrogen and oxygen atoms in total. The molecule has 1 fully saturated rings. The average Bonchev–Trinajstić information content (AvgIpc) is 3.26. The molecule has 0 radical (unpaired) electrons. The van der Waals surface area contributed by atoms with E-state index in [0.717, 1.165) is 11.1 Å². The van der Waals surface area contributed by atoms with Crippen molar-refractivity contribution in [2.45, 2.75) is 33.4 Å². The number of ether oxygens (including phenoxy) is 1. The SMILES string of the molecule is CC(C)(C)[C@H](NC(=O)c1nn(Cc2ccc(F)cc2)c2ccccc12)C(=O)NCCS(=O)(=O)N1CCOCC1. The Morgan fingerprint density at radius 3 is 2.41 bits per heavy atom. The largest absolute Gasteiger partial charge is 0.379 e. The maximum Gasteiger partial charge on any atom is 0.273 e. The van der Waals surface area contributed by atoms with Crippen LogP contribution in [0.15, 0.2) is 48.5 Å². The molecule has 12 heteroatoms. The van der Waals surface area contributed by atoms with Crippen molar-refractivity contribution < 1.29 is 27.1 Å². The zero-order valence-corrected chi connectivity index (χ0v) is 23.1. The molecule has 39 heavy (non-hydrogen) atoms. The summed E-state index contributed by atoms with van der Waals surface area (Å²) in [4.78, 5) is 26.6. The van der Waals surface area contributed by atoms with Crippen molar-refractivity contribution in [2.75, 3.05) is 38.6 Å². The number of fused-ring (bicyclic) bond motifs is 1. The highest BCUT2D eigenvalue weighted by molar-refractivity contribution is 7.89. The average molecular weight is 560 g/mol. The van der Waals surface area contributed by atoms with Gasteiger partial charge in [-0.15, -0.1) is 0 Å². The van der Waals surface area contributed by atoms with E-state index in [9.17, 15) is 22.4 Å². The maximum atomic E-state index is 13.4. The molecule has 2 heterocycles. The molecule has 1 aliphatic heterocycles. The second kappa shape index (κ2) is 11.8. The number of hydrogen-bond donors (Lipinski definition) is 2. The van der Waals surface area contributed by atoms with Gasteiger partial charge >= 0.3 is 0 Å². The van der Waals surface area contributed by atoms with Crippen LogP contribution in [0, 0.1) is 11.2 Å². The quantitative estimate of drug-likeness (QED) is 0.414. The minimum atomic E-state index is -3.54. The predicted octanol–water partition coefficient (Wildman–Crippen LogP) is 2.15. The smallest absolute Gasteiger partial charge is 0.273 e. The van der Waals surface area contributed by atoms with Crippen LogP contribution in [0.4, 0.5) is 4.39 Å². The Bertz CT molecular complexity index is 1430. The predicted molar refractivity (Wildman–Crippen MR) is 145 cm³/mol. The number of halogens is 1. The second-order valence-corrected chi connectivity index (χ2v) is 12.6. The summed E-state index contributed by atoms with van der Waals surface area (Å²) in [5.74, 6) is -1.60. The van der Waals surface area contributed by atoms with E-state index in [-0.39, 0.29) is 23.8 Å². The van der Waals surface area contributed by atoms with E-state index in [0.29, 0.717) is 38.2 Å². The monoisotopic (exact) mass is 559 g/mol. The van der Waals surface area contributed by atoms with E-state index in [4.69, 9.17) is 4.74 Å². The molecule has 3 aromatic rings. The topological polar surface area (TPSA) is 123 Å². The molecule has 2 aromatic carbocycles. The number of para-hydroxylation sites is 1. The van der Waals surface area contributed by atoms with Crippen LogP contribution in [0.25, 0.3) is 10.9 Å². The number of nitrogens with zero attached hydrogens (tertiary/aromatic N) is 3. The number of sulfonamides is 1. The molecule has 1 atom stereocenters. The van der Waals surface area contributed by atoms with Crippen molar-refractivity contribution in [3.05, 3.63) is 65.6 Å². The van der Waals surface area contributed by atoms with E-state index in [1.165, 1.54) is 16.4 Å². The van der Waals surface area contributed by atoms with Gasteiger partial charge in [0, 0.05) is 25.0 Å². The lowest BCUT2D eigenvalue weighted by molar-refractivity contribution is -0.125. The fourth-order valence-corrected chi connectivity index (χ4v) is 5.74. The molecule has 0 aliphatic carbocycles. The number of carbonyl (C=O) groups is 2. The molecule has 0 spiro atoms. The molecule has 2 amide bonds. The number of aromatic nitrogens is 2. The molecule has 1 aliphatic rings. The van der Waals surface area contributed by atoms with Gasteiger partial charge in [0.15, 0.2) is 5.69 Å². The van der Waals surface area contributed by atoms with Crippen molar-refractivity contribution in [1.82, 2.24) is 24.7 Å². The van der Waals surface area contributed by atoms with Crippen LogP contribution in [-0.2, 0) is 26.1 Å². The first kappa shape index (κ1) is 28.7. The Kier molecular flexibility index (Phi) is 8.67. The van der Waals surface area contributed by atoms with Gasteiger partial charge in [-0.3, -0.25) is 14.3 Å². The summed E-state index contributed by atoms with van der Waals surface area (Å²) in [6.45, 7) is 6.95. The van der Waals surface area contributed by atoms with Crippen LogP contribution < -0.4 is 10.6 Å². The highest BCUT2D eigenvalue weighted by Gasteiger charge is 2.34. The van der Waals surface area contributed by atoms with Gasteiger partial charge in [-0.25, -0.2) is 12.8 Å². The number of nitrogens with one attached hydrogen (secondary N) is 2. The third kappa shape index (κ3) is 7.00. The van der Waals surface area contributed by atoms with Crippen LogP contribution in [-0.4, -0.2) is 79.0 Å². The third-order valence-corrected chi connectivity index (χ3v) is 8.42. The first-order valence-electron chi connectivity index (χ1n) is 12.8. The number of amides is 2. The normalized spacial score (nSPS) is 15.7. The summed E-state index contributed by atoms with van der Waals surface area (Å²) in [6, 6.07) is 12.4. The fourth-order valence-electron chi connectivity index (χ4n) is 4.41. The van der Waals surface area contributed by atoms with Gasteiger partial charge in [0.25, 0.3) is 5.91 Å². The first-order chi connectivity index (χ1) is 18.5. The Morgan fingerprint density at radius 2 is 1.74 bits per heavy atom. The Balaban J connectivity index is 1.48. The molecule has 0 bridgehead atoms. The van der Waals surface area contributed by atoms with Crippen LogP contribution in [0.5, 0.6) is 0 Å². The van der Waals surface area contributed by atoms with Crippen LogP contribution in [0.3, 0.4) is 0 Å². The Labute approximate surface area is 227 Å². The zero-order valence-electron chi connectivity index (χ0n) is 22.3. The van der Waals surface area contributed by atoms with Gasteiger partial charge < -0.3 is 15.4 Å². The lowest BCUT2D eigenvalue weighted by Gasteiger charge is -2.30. The van der Waals surface area contributed by atoms with Crippen LogP contribution >= 0.6 is 0 Å². The van der Waals surface area contributed by atoms with Gasteiger partial charge in [0.1, 0.15) is 11.9 Å². The summed E-state index contributed by atoms with van der Waals surface area (Å²) >= 11 is 0. The maximum absolute atomic E-state index is 13.4. The molecule has 2 N–H and O–H groups in total. The van der Waals surface area contributed by atoms with Crippen LogP contribution in [0.1, 0.15) is 36.8 Å². The van der Waals surface area contributed by atoms with Crippen molar-refractivity contribution in [1.29, 1.82) is 0 Å². The van der Waals surface area contributed by atoms with Crippen molar-refractivity contribution in [3.8, 4) is 0 Å². The van der Waals surface area contributed by atoms with Gasteiger partial charge in [-0.2, -0.15) is 9.40 Å². The number of benzene rings is 2. The lowest BCUT2D eigenvalue weighted by atomic mass is 9.86. The van der Waals surface area contributed by atoms with Gasteiger partial charge in [-0.1, -0.05) is 51.1 Å². The Morgan fingerprint density at radius 1 is 1.08 bits per heavy atom. The van der Waals surface area contributed by atoms with E-state index < -0.39 is 33.3 Å². The first-order valence-corrected chi connectivity index (χ1v) is 14.4. The molecule has 4 rings (SSSR count). The number of morpholine rings is 1. The van der Waals surface area contributed by atoms with Crippen LogP contribution in [0.2, 0.25) is 0 Å². The standard InChI is InChI=1S/C27H34FN5O5S/c1-27(2,3)24(26(35)29-12-17-39(36,37)32-13-15-38-16-14-32)30-25(34)23-21-6-4-5-7-22(21)33(31-23)18-19-8-10-20(28)11-9-19/h4-11,24H,12-18H2,1-3H3,(H,29,35)(H,30,34)/t24-/m1/s1. The van der Waals surface area contributed by atoms with Gasteiger partial charge in [0.2, 0.25) is 15.9 Å². The van der Waals surface area contributed by atoms with E-state index in [1.807, 2.05) is 32.9 Å². The minimum Gasteiger partial charge on any atom is -0.379 e. The minimum absolute atomic E-state index is 0.0871. The van der Waals surface area contributed by atoms with Crippen molar-refractivity contribution in [2.24, 2.45) is 5.41 Å². The molecule has 0 saturated carbocycles. The van der Waals surface area contributed by atoms with Crippen molar-refractivity contribution in [3.63, 3.8) is 0 Å². The number of hydrogen-bond acceptors (Lipinski definition) is 6. The number of carbonyl (C=O) groups excluding carboxylic acids is 2. The lowest BCUT2D eigenvalue weighted by Crippen LogP contribution is -2.54. The molecule has 1 aromatic heterocycles. The van der Waals surface area contributed by atoms with Gasteiger partial charge in [0.05, 0.1) is 31.0 Å². The van der Waals surface area contributed by atoms with Gasteiger partial charge in [-0.05, 0) is 29.2 Å². The third-order valence-electron chi connectivity index (χ3n) is 6.54. The zero-order chi connectivity index (χ0) is 28.2. The summed E-state index contributed by atoms with van der Waals surface area (Å²) in [5, 5.41) is 10.6. The second-order valence-electron chi connectivity index (χ2n) is 10.5. The summed E-state index contributed by atoms with van der Waals surface area (Å²) in [5.41, 5.74) is 1.02. The summed E-state index contributed by atoms with van der Waals surface area (Å²) < 4.78 is 46.8. The molecule has 1 saturated heterocycles. The fraction of sp³-hybridized carbons (Fsp3) is 0.444. The highest BCUT2D eigenvalue weighted by Crippen LogP contribution is 2.23. The number of rotatable bonds is 9. The molecule has 210 valence electrons. The summed E-state index contributed by atoms with van der Waals surface area (Å²) in [7, 11) is -3.54. The summed E-state index contributed by atoms with van der Waals surface area (Å²) in [6.07, 6.45) is 0.